The van der Waals surface area contributed by atoms with E-state index in [4.69, 9.17) is 5.73 Å². The van der Waals surface area contributed by atoms with E-state index in [2.05, 4.69) is 35.9 Å². The molecule has 0 radical (unpaired) electrons. The number of aliphatic hydroxyl groups is 1. The van der Waals surface area contributed by atoms with Crippen LogP contribution in [0.5, 0.6) is 11.5 Å². The van der Waals surface area contributed by atoms with Crippen LogP contribution in [0.4, 0.5) is 5.69 Å². The highest BCUT2D eigenvalue weighted by atomic mass is 32.1. The van der Waals surface area contributed by atoms with E-state index >= 15 is 0 Å². The van der Waals surface area contributed by atoms with E-state index in [0.717, 1.165) is 23.7 Å². The van der Waals surface area contributed by atoms with Crippen molar-refractivity contribution in [1.82, 2.24) is 30.6 Å². The van der Waals surface area contributed by atoms with Gasteiger partial charge in [-0.25, -0.2) is 0 Å². The largest absolute Gasteiger partial charge is 0.508 e. The fourth-order valence-corrected chi connectivity index (χ4v) is 6.21. The molecule has 0 saturated heterocycles. The molecular weight excluding hydrogens is 757 g/mol. The minimum Gasteiger partial charge on any atom is -0.508 e. The number of aromatic nitrogens is 2. The number of aliphatic hydroxyl groups excluding tert-OH is 1. The van der Waals surface area contributed by atoms with Gasteiger partial charge in [-0.15, -0.1) is 0 Å². The number of phenols is 2. The van der Waals surface area contributed by atoms with Crippen molar-refractivity contribution in [3.63, 3.8) is 0 Å². The van der Waals surface area contributed by atoms with Crippen LogP contribution in [0, 0.1) is 11.8 Å². The van der Waals surface area contributed by atoms with E-state index < -0.39 is 71.5 Å². The lowest BCUT2D eigenvalue weighted by Crippen LogP contribution is -2.60. The molecule has 1 heterocycles. The molecular formula is C39H48N8O9S. The average Bonchev–Trinajstić information content (AvgIpc) is 3.62. The molecule has 4 aromatic rings. The van der Waals surface area contributed by atoms with Gasteiger partial charge in [0.25, 0.3) is 11.8 Å². The summed E-state index contributed by atoms with van der Waals surface area (Å²) in [5, 5.41) is 44.1. The molecule has 1 aromatic heterocycles. The Morgan fingerprint density at radius 3 is 2.21 bits per heavy atom. The Bertz CT molecular complexity index is 2090. The number of carbonyl (C=O) groups is 5. The molecule has 3 aromatic carbocycles. The molecule has 0 aliphatic heterocycles. The Morgan fingerprint density at radius 1 is 0.842 bits per heavy atom. The molecule has 5 amide bonds. The number of benzene rings is 3. The highest BCUT2D eigenvalue weighted by Gasteiger charge is 2.34. The Hall–Kier alpha value is -6.11. The van der Waals surface area contributed by atoms with Gasteiger partial charge in [0.15, 0.2) is 11.9 Å². The van der Waals surface area contributed by atoms with Crippen molar-refractivity contribution in [2.45, 2.75) is 70.8 Å². The second-order valence-electron chi connectivity index (χ2n) is 14.2. The minimum absolute atomic E-state index is 0.0494. The fourth-order valence-electron chi connectivity index (χ4n) is 5.75. The summed E-state index contributed by atoms with van der Waals surface area (Å²) in [4.78, 5) is 80.6. The van der Waals surface area contributed by atoms with Crippen molar-refractivity contribution in [2.24, 2.45) is 17.6 Å². The van der Waals surface area contributed by atoms with Crippen molar-refractivity contribution < 1.29 is 39.3 Å². The zero-order chi connectivity index (χ0) is 41.8. The standard InChI is InChI=1S/C39H48N8O9S/c1-20(2)15-29(44-37(54)31(21(3)4)45-35(52)27(40)19-41-34(51)26-18-25(48)13-14-30(26)49)36(53)43-28(16-22-9-6-5-7-10-22)32(50)38(55)42-24-12-8-11-23(17-24)33-46-39(56)57-47-33/h5-14,17-18,20-21,27-29,31-32,48-50H,15-16,19,40H2,1-4H3,(H,41,51)(H,42,55)(H,43,53)(H,44,54)(H,45,52)(H,46,47,56)/t27-,28-,29-,31-,32+/m0/s1. The summed E-state index contributed by atoms with van der Waals surface area (Å²) in [6, 6.07) is 14.0. The third-order valence-corrected chi connectivity index (χ3v) is 9.29. The van der Waals surface area contributed by atoms with E-state index in [0.29, 0.717) is 22.6 Å². The molecule has 5 atom stereocenters. The first-order valence-corrected chi connectivity index (χ1v) is 19.0. The van der Waals surface area contributed by atoms with Crippen molar-refractivity contribution in [2.75, 3.05) is 11.9 Å². The van der Waals surface area contributed by atoms with Crippen LogP contribution in [-0.2, 0) is 25.6 Å². The minimum atomic E-state index is -1.76. The predicted octanol–water partition coefficient (Wildman–Crippen LogP) is 1.37. The number of carbonyl (C=O) groups excluding carboxylic acids is 5. The molecule has 17 nitrogen and oxygen atoms in total. The number of H-pyrrole nitrogens is 1. The molecule has 18 heteroatoms. The number of amides is 5. The van der Waals surface area contributed by atoms with Gasteiger partial charge < -0.3 is 47.6 Å². The number of nitrogens with zero attached hydrogens (tertiary/aromatic N) is 1. The SMILES string of the molecule is CC(C)C[C@H](NC(=O)[C@@H](NC(=O)[C@@H](N)CNC(=O)c1cc(O)ccc1O)C(C)C)C(=O)N[C@@H](Cc1ccccc1)[C@@H](O)C(=O)Nc1cccc(-c2nsc(=O)[nH]2)c1. The van der Waals surface area contributed by atoms with Crippen LogP contribution in [0.15, 0.2) is 77.6 Å². The molecule has 304 valence electrons. The lowest BCUT2D eigenvalue weighted by Gasteiger charge is -2.29. The molecule has 0 spiro atoms. The zero-order valence-corrected chi connectivity index (χ0v) is 32.6. The van der Waals surface area contributed by atoms with Gasteiger partial charge in [-0.2, -0.15) is 4.37 Å². The fraction of sp³-hybridized carbons (Fsp3) is 0.359. The van der Waals surface area contributed by atoms with Gasteiger partial charge >= 0.3 is 4.87 Å². The van der Waals surface area contributed by atoms with E-state index in [9.17, 15) is 44.1 Å². The summed E-state index contributed by atoms with van der Waals surface area (Å²) < 4.78 is 4.06. The van der Waals surface area contributed by atoms with Gasteiger partial charge in [-0.3, -0.25) is 33.8 Å². The highest BCUT2D eigenvalue weighted by Crippen LogP contribution is 2.22. The van der Waals surface area contributed by atoms with Gasteiger partial charge in [-0.05, 0) is 60.6 Å². The Balaban J connectivity index is 1.45. The second-order valence-corrected chi connectivity index (χ2v) is 14.9. The molecule has 0 aliphatic rings. The van der Waals surface area contributed by atoms with Gasteiger partial charge in [0.2, 0.25) is 17.7 Å². The summed E-state index contributed by atoms with van der Waals surface area (Å²) in [6.45, 7) is 6.67. The topological polar surface area (TPSA) is 278 Å². The number of anilines is 1. The number of nitrogens with two attached hydrogens (primary N) is 1. The summed E-state index contributed by atoms with van der Waals surface area (Å²) in [7, 11) is 0. The van der Waals surface area contributed by atoms with Gasteiger partial charge in [0, 0.05) is 29.3 Å². The number of hydrogen-bond donors (Lipinski definition) is 10. The third kappa shape index (κ3) is 12.7. The Kier molecular flexibility index (Phi) is 15.4. The van der Waals surface area contributed by atoms with Crippen LogP contribution in [0.2, 0.25) is 0 Å². The second kappa shape index (κ2) is 20.2. The van der Waals surface area contributed by atoms with E-state index in [1.165, 1.54) is 6.07 Å². The van der Waals surface area contributed by atoms with Gasteiger partial charge in [0.1, 0.15) is 29.6 Å². The smallest absolute Gasteiger partial charge is 0.323 e. The van der Waals surface area contributed by atoms with Gasteiger partial charge in [-0.1, -0.05) is 70.2 Å². The number of hydrogen-bond acceptors (Lipinski definition) is 12. The van der Waals surface area contributed by atoms with E-state index in [1.54, 1.807) is 68.4 Å². The first kappa shape index (κ1) is 43.6. The summed E-state index contributed by atoms with van der Waals surface area (Å²) in [6.07, 6.45) is -1.54. The lowest BCUT2D eigenvalue weighted by atomic mass is 9.97. The number of aromatic amines is 1. The molecule has 0 unspecified atom stereocenters. The first-order chi connectivity index (χ1) is 27.0. The molecule has 0 bridgehead atoms. The molecule has 0 fully saturated rings. The third-order valence-electron chi connectivity index (χ3n) is 8.75. The van der Waals surface area contributed by atoms with Crippen LogP contribution in [0.1, 0.15) is 50.0 Å². The van der Waals surface area contributed by atoms with Crippen LogP contribution in [0.25, 0.3) is 11.4 Å². The van der Waals surface area contributed by atoms with Crippen LogP contribution < -0.4 is 37.2 Å². The van der Waals surface area contributed by atoms with Crippen molar-refractivity contribution >= 4 is 46.8 Å². The molecule has 4 rings (SSSR count). The first-order valence-electron chi connectivity index (χ1n) is 18.2. The van der Waals surface area contributed by atoms with Crippen LogP contribution in [-0.4, -0.2) is 91.0 Å². The number of aromatic hydroxyl groups is 2. The molecule has 0 aliphatic carbocycles. The summed E-state index contributed by atoms with van der Waals surface area (Å²) in [5.41, 5.74) is 7.34. The maximum atomic E-state index is 14.0. The van der Waals surface area contributed by atoms with Crippen LogP contribution in [0.3, 0.4) is 0 Å². The summed E-state index contributed by atoms with van der Waals surface area (Å²) in [5.74, 6) is -4.68. The molecule has 57 heavy (non-hydrogen) atoms. The van der Waals surface area contributed by atoms with Crippen molar-refractivity contribution in [3.05, 3.63) is 93.6 Å². The zero-order valence-electron chi connectivity index (χ0n) is 31.8. The monoisotopic (exact) mass is 804 g/mol. The Morgan fingerprint density at radius 2 is 1.56 bits per heavy atom. The molecule has 11 N–H and O–H groups in total. The van der Waals surface area contributed by atoms with E-state index in [-0.39, 0.29) is 41.5 Å². The summed E-state index contributed by atoms with van der Waals surface area (Å²) >= 11 is 0.749. The quantitative estimate of drug-likeness (QED) is 0.0642. The molecule has 0 saturated carbocycles. The van der Waals surface area contributed by atoms with Crippen molar-refractivity contribution in [3.8, 4) is 22.9 Å². The maximum absolute atomic E-state index is 14.0. The average molecular weight is 805 g/mol. The maximum Gasteiger partial charge on any atom is 0.323 e. The number of rotatable bonds is 18. The number of nitrogens with one attached hydrogen (secondary N) is 6. The normalized spacial score (nSPS) is 13.8. The van der Waals surface area contributed by atoms with Crippen LogP contribution >= 0.6 is 11.5 Å². The van der Waals surface area contributed by atoms with E-state index in [1.807, 2.05) is 13.8 Å². The van der Waals surface area contributed by atoms with Crippen molar-refractivity contribution in [1.29, 1.82) is 0 Å². The van der Waals surface area contributed by atoms with Gasteiger partial charge in [0.05, 0.1) is 11.6 Å². The Labute approximate surface area is 332 Å². The highest BCUT2D eigenvalue weighted by molar-refractivity contribution is 7.03. The predicted molar refractivity (Wildman–Crippen MR) is 213 cm³/mol. The number of phenolic OH excluding ortho intramolecular Hbond substituents is 2. The lowest BCUT2D eigenvalue weighted by molar-refractivity contribution is -0.134.